The SMILES string of the molecule is CC[C@H](C)N(Cc1csc(COc2cccc(Cl)c2)n1)C(=O)c1cccs1. The molecule has 4 nitrogen and oxygen atoms in total. The summed E-state index contributed by atoms with van der Waals surface area (Å²) in [6.07, 6.45) is 0.895. The van der Waals surface area contributed by atoms with Gasteiger partial charge < -0.3 is 9.64 Å². The molecule has 0 fully saturated rings. The number of carbonyl (C=O) groups excluding carboxylic acids is 1. The van der Waals surface area contributed by atoms with Gasteiger partial charge in [-0.2, -0.15) is 0 Å². The minimum atomic E-state index is 0.0593. The third-order valence-corrected chi connectivity index (χ3v) is 6.17. The van der Waals surface area contributed by atoms with Crippen LogP contribution in [0.25, 0.3) is 0 Å². The lowest BCUT2D eigenvalue weighted by Gasteiger charge is -2.27. The van der Waals surface area contributed by atoms with Crippen LogP contribution in [0.1, 0.15) is 40.6 Å². The monoisotopic (exact) mass is 420 g/mol. The summed E-state index contributed by atoms with van der Waals surface area (Å²) in [4.78, 5) is 20.1. The number of halogens is 1. The minimum Gasteiger partial charge on any atom is -0.486 e. The average molecular weight is 421 g/mol. The van der Waals surface area contributed by atoms with Crippen LogP contribution >= 0.6 is 34.3 Å². The topological polar surface area (TPSA) is 42.4 Å². The zero-order valence-electron chi connectivity index (χ0n) is 15.2. The summed E-state index contributed by atoms with van der Waals surface area (Å²) < 4.78 is 5.75. The van der Waals surface area contributed by atoms with Gasteiger partial charge in [-0.05, 0) is 43.0 Å². The quantitative estimate of drug-likeness (QED) is 0.457. The number of thiophene rings is 1. The van der Waals surface area contributed by atoms with E-state index >= 15 is 0 Å². The van der Waals surface area contributed by atoms with Gasteiger partial charge in [-0.3, -0.25) is 4.79 Å². The summed E-state index contributed by atoms with van der Waals surface area (Å²) >= 11 is 8.98. The Morgan fingerprint density at radius 2 is 2.15 bits per heavy atom. The van der Waals surface area contributed by atoms with E-state index in [-0.39, 0.29) is 11.9 Å². The molecular weight excluding hydrogens is 400 g/mol. The molecule has 0 bridgehead atoms. The first kappa shape index (κ1) is 19.9. The van der Waals surface area contributed by atoms with Crippen molar-refractivity contribution in [3.8, 4) is 5.75 Å². The predicted octanol–water partition coefficient (Wildman–Crippen LogP) is 5.88. The van der Waals surface area contributed by atoms with Crippen molar-refractivity contribution in [3.05, 3.63) is 67.8 Å². The maximum Gasteiger partial charge on any atom is 0.264 e. The molecule has 0 unspecified atom stereocenters. The van der Waals surface area contributed by atoms with E-state index < -0.39 is 0 Å². The Balaban J connectivity index is 1.66. The molecule has 7 heteroatoms. The standard InChI is InChI=1S/C20H21ClN2O2S2/c1-3-14(2)23(20(24)18-8-5-9-26-18)11-16-13-27-19(22-16)12-25-17-7-4-6-15(21)10-17/h4-10,13-14H,3,11-12H2,1-2H3/t14-/m0/s1. The van der Waals surface area contributed by atoms with E-state index in [1.807, 2.05) is 46.0 Å². The van der Waals surface area contributed by atoms with Crippen molar-refractivity contribution in [3.63, 3.8) is 0 Å². The molecule has 142 valence electrons. The van der Waals surface area contributed by atoms with Gasteiger partial charge in [-0.1, -0.05) is 30.7 Å². The van der Waals surface area contributed by atoms with E-state index in [1.165, 1.54) is 22.7 Å². The third-order valence-electron chi connectivity index (χ3n) is 4.21. The zero-order valence-corrected chi connectivity index (χ0v) is 17.6. The number of hydrogen-bond donors (Lipinski definition) is 0. The lowest BCUT2D eigenvalue weighted by atomic mass is 10.2. The van der Waals surface area contributed by atoms with Crippen LogP contribution in [0.15, 0.2) is 47.2 Å². The molecule has 0 aliphatic heterocycles. The molecule has 1 amide bonds. The number of hydrogen-bond acceptors (Lipinski definition) is 5. The van der Waals surface area contributed by atoms with Crippen LogP contribution < -0.4 is 4.74 Å². The van der Waals surface area contributed by atoms with Crippen molar-refractivity contribution >= 4 is 40.2 Å². The highest BCUT2D eigenvalue weighted by Crippen LogP contribution is 2.22. The zero-order chi connectivity index (χ0) is 19.2. The number of rotatable bonds is 8. The molecule has 0 aliphatic rings. The van der Waals surface area contributed by atoms with E-state index in [0.717, 1.165) is 22.0 Å². The number of aromatic nitrogens is 1. The molecule has 2 aromatic heterocycles. The smallest absolute Gasteiger partial charge is 0.264 e. The molecule has 3 rings (SSSR count). The maximum absolute atomic E-state index is 12.8. The van der Waals surface area contributed by atoms with E-state index in [9.17, 15) is 4.79 Å². The predicted molar refractivity (Wildman–Crippen MR) is 112 cm³/mol. The van der Waals surface area contributed by atoms with Gasteiger partial charge in [0.25, 0.3) is 5.91 Å². The van der Waals surface area contributed by atoms with Gasteiger partial charge in [0.1, 0.15) is 17.4 Å². The second-order valence-electron chi connectivity index (χ2n) is 6.15. The first-order valence-electron chi connectivity index (χ1n) is 8.73. The number of nitrogens with zero attached hydrogens (tertiary/aromatic N) is 2. The van der Waals surface area contributed by atoms with Crippen LogP contribution in [-0.2, 0) is 13.2 Å². The lowest BCUT2D eigenvalue weighted by Crippen LogP contribution is -2.37. The molecule has 0 N–H and O–H groups in total. The molecule has 0 spiro atoms. The van der Waals surface area contributed by atoms with E-state index in [4.69, 9.17) is 16.3 Å². The fraction of sp³-hybridized carbons (Fsp3) is 0.300. The minimum absolute atomic E-state index is 0.0593. The normalized spacial score (nSPS) is 12.0. The number of thiazole rings is 1. The summed E-state index contributed by atoms with van der Waals surface area (Å²) in [5.41, 5.74) is 0.884. The highest BCUT2D eigenvalue weighted by Gasteiger charge is 2.22. The Morgan fingerprint density at radius 1 is 1.30 bits per heavy atom. The van der Waals surface area contributed by atoms with Crippen LogP contribution in [0.2, 0.25) is 5.02 Å². The van der Waals surface area contributed by atoms with Crippen LogP contribution in [0.4, 0.5) is 0 Å². The highest BCUT2D eigenvalue weighted by molar-refractivity contribution is 7.12. The number of amides is 1. The molecule has 2 heterocycles. The van der Waals surface area contributed by atoms with Crippen molar-refractivity contribution in [1.29, 1.82) is 0 Å². The lowest BCUT2D eigenvalue weighted by molar-refractivity contribution is 0.0674. The van der Waals surface area contributed by atoms with Gasteiger partial charge in [0.15, 0.2) is 0 Å². The molecule has 0 saturated heterocycles. The summed E-state index contributed by atoms with van der Waals surface area (Å²) in [6, 6.07) is 11.2. The molecule has 0 radical (unpaired) electrons. The van der Waals surface area contributed by atoms with Crippen LogP contribution in [0.3, 0.4) is 0 Å². The van der Waals surface area contributed by atoms with Crippen molar-refractivity contribution in [2.24, 2.45) is 0 Å². The van der Waals surface area contributed by atoms with Crippen LogP contribution in [0.5, 0.6) is 5.75 Å². The van der Waals surface area contributed by atoms with Crippen LogP contribution in [0, 0.1) is 0 Å². The van der Waals surface area contributed by atoms with E-state index in [1.54, 1.807) is 6.07 Å². The number of benzene rings is 1. The Kier molecular flexibility index (Phi) is 6.88. The molecular formula is C20H21ClN2O2S2. The third kappa shape index (κ3) is 5.31. The highest BCUT2D eigenvalue weighted by atomic mass is 35.5. The van der Waals surface area contributed by atoms with E-state index in [0.29, 0.717) is 23.9 Å². The van der Waals surface area contributed by atoms with Crippen molar-refractivity contribution in [1.82, 2.24) is 9.88 Å². The van der Waals surface area contributed by atoms with Crippen molar-refractivity contribution < 1.29 is 9.53 Å². The van der Waals surface area contributed by atoms with Crippen molar-refractivity contribution in [2.75, 3.05) is 0 Å². The molecule has 0 saturated carbocycles. The first-order chi connectivity index (χ1) is 13.1. The van der Waals surface area contributed by atoms with Gasteiger partial charge >= 0.3 is 0 Å². The molecule has 1 atom stereocenters. The second-order valence-corrected chi connectivity index (χ2v) is 8.47. The average Bonchev–Trinajstić information content (AvgIpc) is 3.35. The summed E-state index contributed by atoms with van der Waals surface area (Å²) in [5.74, 6) is 0.775. The molecule has 1 aromatic carbocycles. The van der Waals surface area contributed by atoms with Crippen LogP contribution in [-0.4, -0.2) is 21.8 Å². The molecule has 3 aromatic rings. The largest absolute Gasteiger partial charge is 0.486 e. The fourth-order valence-electron chi connectivity index (χ4n) is 2.55. The molecule has 0 aliphatic carbocycles. The van der Waals surface area contributed by atoms with Gasteiger partial charge in [0, 0.05) is 16.4 Å². The Hall–Kier alpha value is -1.89. The fourth-order valence-corrected chi connectivity index (χ4v) is 4.11. The second kappa shape index (κ2) is 9.35. The Bertz CT molecular complexity index is 880. The summed E-state index contributed by atoms with van der Waals surface area (Å²) in [6.45, 7) is 5.04. The summed E-state index contributed by atoms with van der Waals surface area (Å²) in [5, 5.41) is 5.44. The number of carbonyl (C=O) groups is 1. The maximum atomic E-state index is 12.8. The summed E-state index contributed by atoms with van der Waals surface area (Å²) in [7, 11) is 0. The van der Waals surface area contributed by atoms with Gasteiger partial charge in [0.2, 0.25) is 0 Å². The van der Waals surface area contributed by atoms with Gasteiger partial charge in [0.05, 0.1) is 17.1 Å². The first-order valence-corrected chi connectivity index (χ1v) is 10.9. The molecule has 27 heavy (non-hydrogen) atoms. The van der Waals surface area contributed by atoms with E-state index in [2.05, 4.69) is 18.8 Å². The van der Waals surface area contributed by atoms with Gasteiger partial charge in [-0.25, -0.2) is 4.98 Å². The number of ether oxygens (including phenoxy) is 1. The Labute approximate surface area is 172 Å². The van der Waals surface area contributed by atoms with Gasteiger partial charge in [-0.15, -0.1) is 22.7 Å². The Morgan fingerprint density at radius 3 is 2.85 bits per heavy atom. The van der Waals surface area contributed by atoms with Crippen molar-refractivity contribution in [2.45, 2.75) is 39.5 Å².